The van der Waals surface area contributed by atoms with E-state index in [-0.39, 0.29) is 18.1 Å². The molecule has 3 heterocycles. The molecular weight excluding hydrogens is 472 g/mol. The van der Waals surface area contributed by atoms with Crippen LogP contribution in [-0.4, -0.2) is 63.6 Å². The first kappa shape index (κ1) is 23.4. The smallest absolute Gasteiger partial charge is 0.317 e. The fourth-order valence-electron chi connectivity index (χ4n) is 4.95. The molecule has 190 valence electrons. The van der Waals surface area contributed by atoms with Crippen LogP contribution in [0.15, 0.2) is 12.3 Å². The summed E-state index contributed by atoms with van der Waals surface area (Å²) in [7, 11) is 3.54. The molecule has 36 heavy (non-hydrogen) atoms. The second kappa shape index (κ2) is 9.46. The first-order chi connectivity index (χ1) is 17.4. The molecule has 2 unspecified atom stereocenters. The van der Waals surface area contributed by atoms with Crippen molar-refractivity contribution < 1.29 is 4.79 Å². The molecule has 0 radical (unpaired) electrons. The number of nitrogens with zero attached hydrogens (tertiary/aromatic N) is 5. The average Bonchev–Trinajstić information content (AvgIpc) is 3.77. The molecule has 3 aromatic rings. The number of hydrogen-bond donors (Lipinski definition) is 3. The number of thiazole rings is 1. The minimum absolute atomic E-state index is 0.0414. The number of aryl methyl sites for hydroxylation is 1. The van der Waals surface area contributed by atoms with Gasteiger partial charge in [0.25, 0.3) is 0 Å². The molecule has 3 fully saturated rings. The van der Waals surface area contributed by atoms with Crippen LogP contribution in [0.5, 0.6) is 0 Å². The molecule has 0 bridgehead atoms. The maximum Gasteiger partial charge on any atom is 0.317 e. The summed E-state index contributed by atoms with van der Waals surface area (Å²) in [5.41, 5.74) is 4.03. The van der Waals surface area contributed by atoms with Gasteiger partial charge in [0.2, 0.25) is 5.95 Å². The first-order valence-corrected chi connectivity index (χ1v) is 13.9. The number of amides is 2. The normalized spacial score (nSPS) is 21.5. The van der Waals surface area contributed by atoms with Crippen molar-refractivity contribution >= 4 is 39.4 Å². The Labute approximate surface area is 215 Å². The van der Waals surface area contributed by atoms with Gasteiger partial charge in [-0.3, -0.25) is 4.98 Å². The number of nitrogens with one attached hydrogen (secondary N) is 3. The Morgan fingerprint density at radius 3 is 2.64 bits per heavy atom. The summed E-state index contributed by atoms with van der Waals surface area (Å²) in [6, 6.07) is 2.40. The van der Waals surface area contributed by atoms with Gasteiger partial charge < -0.3 is 20.9 Å². The van der Waals surface area contributed by atoms with E-state index in [2.05, 4.69) is 27.0 Å². The van der Waals surface area contributed by atoms with Crippen molar-refractivity contribution in [3.05, 3.63) is 23.7 Å². The first-order valence-electron chi connectivity index (χ1n) is 13.1. The number of pyridine rings is 1. The monoisotopic (exact) mass is 506 g/mol. The van der Waals surface area contributed by atoms with E-state index in [9.17, 15) is 4.79 Å². The lowest BCUT2D eigenvalue weighted by Gasteiger charge is -2.20. The molecule has 10 heteroatoms. The van der Waals surface area contributed by atoms with E-state index >= 15 is 0 Å². The van der Waals surface area contributed by atoms with Gasteiger partial charge in [-0.05, 0) is 63.9 Å². The van der Waals surface area contributed by atoms with Crippen LogP contribution < -0.4 is 16.0 Å². The molecule has 3 aliphatic carbocycles. The topological polar surface area (TPSA) is 108 Å². The Bertz CT molecular complexity index is 1280. The largest absolute Gasteiger partial charge is 0.366 e. The number of aromatic nitrogens is 4. The lowest BCUT2D eigenvalue weighted by atomic mass is 10.2. The molecule has 3 aliphatic rings. The highest BCUT2D eigenvalue weighted by Gasteiger charge is 2.31. The van der Waals surface area contributed by atoms with E-state index in [0.717, 1.165) is 69.7 Å². The van der Waals surface area contributed by atoms with Crippen molar-refractivity contribution in [3.63, 3.8) is 0 Å². The lowest BCUT2D eigenvalue weighted by molar-refractivity contribution is 0.213. The van der Waals surface area contributed by atoms with Crippen LogP contribution in [0.4, 0.5) is 16.6 Å². The number of urea groups is 1. The molecule has 2 amide bonds. The van der Waals surface area contributed by atoms with Crippen molar-refractivity contribution in [1.29, 1.82) is 0 Å². The highest BCUT2D eigenvalue weighted by molar-refractivity contribution is 7.21. The van der Waals surface area contributed by atoms with Gasteiger partial charge in [0, 0.05) is 44.8 Å². The average molecular weight is 507 g/mol. The molecule has 3 saturated carbocycles. The molecular formula is C26H34N8OS. The van der Waals surface area contributed by atoms with Crippen molar-refractivity contribution in [2.24, 2.45) is 5.92 Å². The molecule has 9 nitrogen and oxygen atoms in total. The molecule has 3 aromatic heterocycles. The van der Waals surface area contributed by atoms with Crippen LogP contribution in [0.1, 0.15) is 62.3 Å². The minimum Gasteiger partial charge on any atom is -0.366 e. The zero-order chi connectivity index (χ0) is 24.8. The number of carbonyl (C=O) groups excluding carboxylic acids is 1. The van der Waals surface area contributed by atoms with Crippen molar-refractivity contribution in [2.45, 2.75) is 69.9 Å². The Morgan fingerprint density at radius 2 is 1.89 bits per heavy atom. The third kappa shape index (κ3) is 4.96. The van der Waals surface area contributed by atoms with Crippen LogP contribution in [0.2, 0.25) is 0 Å². The summed E-state index contributed by atoms with van der Waals surface area (Å²) >= 11 is 1.69. The third-order valence-electron chi connectivity index (χ3n) is 7.36. The van der Waals surface area contributed by atoms with Crippen molar-refractivity contribution in [3.8, 4) is 10.6 Å². The molecule has 0 aromatic carbocycles. The van der Waals surface area contributed by atoms with Crippen molar-refractivity contribution in [1.82, 2.24) is 30.2 Å². The number of rotatable bonds is 8. The zero-order valence-corrected chi connectivity index (χ0v) is 22.0. The fraction of sp³-hybridized carbons (Fsp3) is 0.577. The van der Waals surface area contributed by atoms with Gasteiger partial charge >= 0.3 is 6.03 Å². The summed E-state index contributed by atoms with van der Waals surface area (Å²) in [5, 5.41) is 11.2. The molecule has 3 N–H and O–H groups in total. The maximum absolute atomic E-state index is 12.1. The third-order valence-corrected chi connectivity index (χ3v) is 8.39. The molecule has 0 aliphatic heterocycles. The lowest BCUT2D eigenvalue weighted by Crippen LogP contribution is -2.40. The molecule has 0 saturated heterocycles. The minimum atomic E-state index is -0.0414. The van der Waals surface area contributed by atoms with E-state index < -0.39 is 0 Å². The Balaban J connectivity index is 1.30. The summed E-state index contributed by atoms with van der Waals surface area (Å²) in [6.07, 6.45) is 9.64. The van der Waals surface area contributed by atoms with E-state index in [4.69, 9.17) is 15.0 Å². The predicted octanol–water partition coefficient (Wildman–Crippen LogP) is 4.76. The van der Waals surface area contributed by atoms with Gasteiger partial charge in [-0.25, -0.2) is 14.8 Å². The summed E-state index contributed by atoms with van der Waals surface area (Å²) in [5.74, 6) is 2.77. The van der Waals surface area contributed by atoms with Crippen LogP contribution in [-0.2, 0) is 0 Å². The van der Waals surface area contributed by atoms with Gasteiger partial charge in [-0.2, -0.15) is 4.98 Å². The Hall–Kier alpha value is -3.01. The van der Waals surface area contributed by atoms with Gasteiger partial charge in [0.1, 0.15) is 16.3 Å². The molecule has 2 atom stereocenters. The van der Waals surface area contributed by atoms with Gasteiger partial charge in [0.15, 0.2) is 0 Å². The number of anilines is 2. The summed E-state index contributed by atoms with van der Waals surface area (Å²) < 4.78 is 1.16. The van der Waals surface area contributed by atoms with Crippen molar-refractivity contribution in [2.75, 3.05) is 31.3 Å². The number of carbonyl (C=O) groups is 1. The van der Waals surface area contributed by atoms with Crippen LogP contribution in [0.25, 0.3) is 20.8 Å². The number of fused-ring (bicyclic) bond motifs is 1. The van der Waals surface area contributed by atoms with Gasteiger partial charge in [0.05, 0.1) is 21.7 Å². The standard InChI is InChI=1S/C26H34N8OS/c1-14-20(24-32-22-19(36-24)10-11-27-21(22)16-6-7-16)23(33-25(29-14)28-13-15-4-5-15)30-17-8-9-18(12-17)31-26(35)34(2)3/h10-11,15-18H,4-9,12-13H2,1-3H3,(H,31,35)(H2,28,29,30,33). The Morgan fingerprint density at radius 1 is 1.08 bits per heavy atom. The summed E-state index contributed by atoms with van der Waals surface area (Å²) in [4.78, 5) is 33.2. The van der Waals surface area contributed by atoms with E-state index in [0.29, 0.717) is 11.9 Å². The van der Waals surface area contributed by atoms with E-state index in [1.807, 2.05) is 13.1 Å². The highest BCUT2D eigenvalue weighted by Crippen LogP contribution is 2.44. The highest BCUT2D eigenvalue weighted by atomic mass is 32.1. The zero-order valence-electron chi connectivity index (χ0n) is 21.2. The molecule has 6 rings (SSSR count). The van der Waals surface area contributed by atoms with Gasteiger partial charge in [-0.15, -0.1) is 11.3 Å². The van der Waals surface area contributed by atoms with E-state index in [1.165, 1.54) is 25.7 Å². The maximum atomic E-state index is 12.1. The molecule has 0 spiro atoms. The van der Waals surface area contributed by atoms with Gasteiger partial charge in [-0.1, -0.05) is 0 Å². The van der Waals surface area contributed by atoms with Crippen LogP contribution in [0, 0.1) is 12.8 Å². The number of hydrogen-bond acceptors (Lipinski definition) is 8. The van der Waals surface area contributed by atoms with E-state index in [1.54, 1.807) is 30.3 Å². The quantitative estimate of drug-likeness (QED) is 0.404. The second-order valence-corrected chi connectivity index (χ2v) is 11.7. The van der Waals surface area contributed by atoms with Crippen LogP contribution in [0.3, 0.4) is 0 Å². The second-order valence-electron chi connectivity index (χ2n) is 10.7. The predicted molar refractivity (Wildman–Crippen MR) is 144 cm³/mol. The van der Waals surface area contributed by atoms with Crippen LogP contribution >= 0.6 is 11.3 Å². The summed E-state index contributed by atoms with van der Waals surface area (Å²) in [6.45, 7) is 2.96. The fourth-order valence-corrected chi connectivity index (χ4v) is 6.02. The SMILES string of the molecule is Cc1nc(NCC2CC2)nc(NC2CCC(NC(=O)N(C)C)C2)c1-c1nc2c(C3CC3)nccc2s1. The Kier molecular flexibility index (Phi) is 6.15.